The number of carbonyl (C=O) groups is 1. The monoisotopic (exact) mass is 433 g/mol. The summed E-state index contributed by atoms with van der Waals surface area (Å²) in [7, 11) is -3.14. The number of halogens is 2. The highest BCUT2D eigenvalue weighted by atomic mass is 35.5. The summed E-state index contributed by atoms with van der Waals surface area (Å²) in [5, 5.41) is 2.85. The van der Waals surface area contributed by atoms with Gasteiger partial charge in [0.2, 0.25) is 10.0 Å². The lowest BCUT2D eigenvalue weighted by Crippen LogP contribution is -2.45. The van der Waals surface area contributed by atoms with E-state index in [9.17, 15) is 17.6 Å². The number of urea groups is 1. The maximum atomic E-state index is 13.8. The first-order valence-corrected chi connectivity index (χ1v) is 11.6. The maximum Gasteiger partial charge on any atom is 0.321 e. The molecule has 0 bridgehead atoms. The Morgan fingerprint density at radius 2 is 1.71 bits per heavy atom. The van der Waals surface area contributed by atoms with Crippen molar-refractivity contribution in [1.82, 2.24) is 9.21 Å². The Bertz CT molecular complexity index is 807. The van der Waals surface area contributed by atoms with Crippen LogP contribution in [0.1, 0.15) is 25.7 Å². The van der Waals surface area contributed by atoms with Gasteiger partial charge in [-0.1, -0.05) is 11.6 Å². The van der Waals surface area contributed by atoms with E-state index in [-0.39, 0.29) is 28.9 Å². The van der Waals surface area contributed by atoms with Crippen LogP contribution in [0.25, 0.3) is 0 Å². The number of hydrogen-bond acceptors (Lipinski definition) is 4. The van der Waals surface area contributed by atoms with Crippen molar-refractivity contribution in [2.24, 2.45) is 0 Å². The molecule has 0 radical (unpaired) electrons. The number of anilines is 1. The molecule has 10 heteroatoms. The first kappa shape index (κ1) is 21.3. The lowest BCUT2D eigenvalue weighted by Gasteiger charge is -2.36. The molecule has 28 heavy (non-hydrogen) atoms. The second-order valence-corrected chi connectivity index (χ2v) is 9.66. The standard InChI is InChI=1S/C18H25ClFN3O4S/c1-28(25,26)23-10-6-15(7-11-23)27-14-4-8-22(9-5-14)18(24)21-17-3-2-13(19)12-16(17)20/h2-3,12,14-15H,4-11H2,1H3,(H,21,24). The van der Waals surface area contributed by atoms with Gasteiger partial charge in [0.1, 0.15) is 5.82 Å². The number of likely N-dealkylation sites (tertiary alicyclic amines) is 1. The van der Waals surface area contributed by atoms with Gasteiger partial charge in [0, 0.05) is 31.2 Å². The third-order valence-electron chi connectivity index (χ3n) is 5.16. The summed E-state index contributed by atoms with van der Waals surface area (Å²) in [6.45, 7) is 2.01. The average Bonchev–Trinajstić information content (AvgIpc) is 2.64. The van der Waals surface area contributed by atoms with Crippen molar-refractivity contribution in [2.75, 3.05) is 37.8 Å². The van der Waals surface area contributed by atoms with Crippen molar-refractivity contribution in [1.29, 1.82) is 0 Å². The minimum Gasteiger partial charge on any atom is -0.375 e. The van der Waals surface area contributed by atoms with Gasteiger partial charge in [0.25, 0.3) is 0 Å². The summed E-state index contributed by atoms with van der Waals surface area (Å²) in [6, 6.07) is 3.77. The van der Waals surface area contributed by atoms with Crippen LogP contribution in [-0.2, 0) is 14.8 Å². The van der Waals surface area contributed by atoms with Crippen LogP contribution in [0.2, 0.25) is 5.02 Å². The number of sulfonamides is 1. The summed E-state index contributed by atoms with van der Waals surface area (Å²) in [6.07, 6.45) is 4.08. The van der Waals surface area contributed by atoms with Gasteiger partial charge in [-0.05, 0) is 43.9 Å². The van der Waals surface area contributed by atoms with Crippen LogP contribution < -0.4 is 5.32 Å². The first-order valence-electron chi connectivity index (χ1n) is 9.34. The van der Waals surface area contributed by atoms with E-state index < -0.39 is 15.8 Å². The molecular weight excluding hydrogens is 409 g/mol. The molecule has 0 unspecified atom stereocenters. The zero-order chi connectivity index (χ0) is 20.3. The molecule has 0 aromatic heterocycles. The van der Waals surface area contributed by atoms with Crippen LogP contribution in [0.15, 0.2) is 18.2 Å². The quantitative estimate of drug-likeness (QED) is 0.791. The van der Waals surface area contributed by atoms with E-state index in [1.54, 1.807) is 4.90 Å². The number of nitrogens with zero attached hydrogens (tertiary/aromatic N) is 2. The molecule has 0 atom stereocenters. The number of ether oxygens (including phenoxy) is 1. The fourth-order valence-corrected chi connectivity index (χ4v) is 4.58. The minimum absolute atomic E-state index is 0.0473. The van der Waals surface area contributed by atoms with Crippen molar-refractivity contribution >= 4 is 33.3 Å². The molecule has 7 nitrogen and oxygen atoms in total. The van der Waals surface area contributed by atoms with Crippen LogP contribution in [0.3, 0.4) is 0 Å². The van der Waals surface area contributed by atoms with Gasteiger partial charge in [-0.15, -0.1) is 0 Å². The molecule has 3 rings (SSSR count). The van der Waals surface area contributed by atoms with E-state index in [4.69, 9.17) is 16.3 Å². The number of hydrogen-bond donors (Lipinski definition) is 1. The van der Waals surface area contributed by atoms with Crippen LogP contribution in [-0.4, -0.2) is 68.3 Å². The fraction of sp³-hybridized carbons (Fsp3) is 0.611. The number of benzene rings is 1. The fourth-order valence-electron chi connectivity index (χ4n) is 3.55. The first-order chi connectivity index (χ1) is 13.2. The molecule has 2 amide bonds. The third-order valence-corrected chi connectivity index (χ3v) is 6.70. The van der Waals surface area contributed by atoms with Gasteiger partial charge in [-0.3, -0.25) is 0 Å². The molecule has 2 saturated heterocycles. The zero-order valence-corrected chi connectivity index (χ0v) is 17.3. The number of amides is 2. The second-order valence-electron chi connectivity index (χ2n) is 7.24. The predicted octanol–water partition coefficient (Wildman–Crippen LogP) is 2.92. The lowest BCUT2D eigenvalue weighted by atomic mass is 10.1. The smallest absolute Gasteiger partial charge is 0.321 e. The summed E-state index contributed by atoms with van der Waals surface area (Å²) in [4.78, 5) is 14.0. The molecule has 2 aliphatic rings. The maximum absolute atomic E-state index is 13.8. The Balaban J connectivity index is 1.42. The van der Waals surface area contributed by atoms with E-state index in [2.05, 4.69) is 5.32 Å². The second kappa shape index (κ2) is 8.94. The Hall–Kier alpha value is -1.42. The Kier molecular flexibility index (Phi) is 6.80. The van der Waals surface area contributed by atoms with E-state index in [1.807, 2.05) is 0 Å². The Morgan fingerprint density at radius 1 is 1.14 bits per heavy atom. The average molecular weight is 434 g/mol. The molecular formula is C18H25ClFN3O4S. The number of rotatable bonds is 4. The molecule has 1 N–H and O–H groups in total. The highest BCUT2D eigenvalue weighted by molar-refractivity contribution is 7.88. The van der Waals surface area contributed by atoms with Crippen molar-refractivity contribution in [3.63, 3.8) is 0 Å². The summed E-state index contributed by atoms with van der Waals surface area (Å²) in [5.41, 5.74) is 0.102. The van der Waals surface area contributed by atoms with Crippen LogP contribution in [0.4, 0.5) is 14.9 Å². The number of piperidine rings is 2. The van der Waals surface area contributed by atoms with Gasteiger partial charge in [-0.25, -0.2) is 21.9 Å². The third kappa shape index (κ3) is 5.56. The summed E-state index contributed by atoms with van der Waals surface area (Å²) >= 11 is 5.72. The SMILES string of the molecule is CS(=O)(=O)N1CCC(OC2CCN(C(=O)Nc3ccc(Cl)cc3F)CC2)CC1. The van der Waals surface area contributed by atoms with Crippen LogP contribution in [0, 0.1) is 5.82 Å². The molecule has 0 saturated carbocycles. The number of nitrogens with one attached hydrogen (secondary N) is 1. The van der Waals surface area contributed by atoms with E-state index in [0.717, 1.165) is 6.07 Å². The Morgan fingerprint density at radius 3 is 2.25 bits per heavy atom. The highest BCUT2D eigenvalue weighted by Crippen LogP contribution is 2.23. The van der Waals surface area contributed by atoms with Gasteiger partial charge >= 0.3 is 6.03 Å². The normalized spacial score (nSPS) is 20.3. The van der Waals surface area contributed by atoms with E-state index in [0.29, 0.717) is 51.9 Å². The van der Waals surface area contributed by atoms with Crippen molar-refractivity contribution in [2.45, 2.75) is 37.9 Å². The Labute approximate surface area is 169 Å². The molecule has 2 heterocycles. The molecule has 0 spiro atoms. The molecule has 2 fully saturated rings. The van der Waals surface area contributed by atoms with Crippen molar-refractivity contribution in [3.05, 3.63) is 29.0 Å². The topological polar surface area (TPSA) is 79.0 Å². The van der Waals surface area contributed by atoms with Crippen molar-refractivity contribution < 1.29 is 22.3 Å². The van der Waals surface area contributed by atoms with Gasteiger partial charge < -0.3 is 15.0 Å². The van der Waals surface area contributed by atoms with Gasteiger partial charge in [-0.2, -0.15) is 0 Å². The van der Waals surface area contributed by atoms with Gasteiger partial charge in [0.15, 0.2) is 0 Å². The molecule has 0 aliphatic carbocycles. The van der Waals surface area contributed by atoms with E-state index >= 15 is 0 Å². The lowest BCUT2D eigenvalue weighted by molar-refractivity contribution is -0.0542. The summed E-state index contributed by atoms with van der Waals surface area (Å²) < 4.78 is 44.5. The summed E-state index contributed by atoms with van der Waals surface area (Å²) in [5.74, 6) is -0.570. The van der Waals surface area contributed by atoms with E-state index in [1.165, 1.54) is 22.7 Å². The highest BCUT2D eigenvalue weighted by Gasteiger charge is 2.29. The predicted molar refractivity (Wildman–Crippen MR) is 106 cm³/mol. The van der Waals surface area contributed by atoms with Crippen LogP contribution >= 0.6 is 11.6 Å². The number of carbonyl (C=O) groups excluding carboxylic acids is 1. The molecule has 156 valence electrons. The minimum atomic E-state index is -3.14. The molecule has 1 aromatic rings. The largest absolute Gasteiger partial charge is 0.375 e. The molecule has 1 aromatic carbocycles. The van der Waals surface area contributed by atoms with Crippen molar-refractivity contribution in [3.8, 4) is 0 Å². The molecule has 2 aliphatic heterocycles. The zero-order valence-electron chi connectivity index (χ0n) is 15.7. The van der Waals surface area contributed by atoms with Gasteiger partial charge in [0.05, 0.1) is 24.2 Å². The van der Waals surface area contributed by atoms with Crippen LogP contribution in [0.5, 0.6) is 0 Å².